The first-order valence-electron chi connectivity index (χ1n) is 23.2. The van der Waals surface area contributed by atoms with Gasteiger partial charge in [-0.15, -0.1) is 10.2 Å². The zero-order valence-corrected chi connectivity index (χ0v) is 38.2. The Morgan fingerprint density at radius 1 is 0.275 bits per heavy atom. The quantitative estimate of drug-likeness (QED) is 0.137. The lowest BCUT2D eigenvalue weighted by molar-refractivity contribution is 1.10. The Bertz CT molecular complexity index is 3600. The second-order valence-corrected chi connectivity index (χ2v) is 18.1. The molecule has 6 nitrogen and oxygen atoms in total. The first kappa shape index (κ1) is 40.3. The zero-order chi connectivity index (χ0) is 45.7. The van der Waals surface area contributed by atoms with Crippen molar-refractivity contribution in [2.24, 2.45) is 0 Å². The molecule has 0 aliphatic carbocycles. The molecule has 0 atom stereocenters. The van der Waals surface area contributed by atoms with Crippen LogP contribution in [0.25, 0.3) is 76.1 Å². The molecule has 0 saturated heterocycles. The number of nitrogens with zero attached hydrogens (tertiary/aromatic N) is 6. The summed E-state index contributed by atoms with van der Waals surface area (Å²) in [6.45, 7) is 0. The normalized spacial score (nSPS) is 11.5. The van der Waals surface area contributed by atoms with E-state index in [0.717, 1.165) is 88.7 Å². The van der Waals surface area contributed by atoms with Crippen LogP contribution in [0.1, 0.15) is 0 Å². The van der Waals surface area contributed by atoms with Crippen LogP contribution in [0.5, 0.6) is 0 Å². The molecule has 69 heavy (non-hydrogen) atoms. The van der Waals surface area contributed by atoms with Crippen molar-refractivity contribution in [1.82, 2.24) is 19.3 Å². The Morgan fingerprint density at radius 2 is 0.594 bits per heavy atom. The van der Waals surface area contributed by atoms with E-state index in [1.807, 2.05) is 0 Å². The van der Waals surface area contributed by atoms with E-state index in [1.165, 1.54) is 21.5 Å². The molecule has 3 heterocycles. The van der Waals surface area contributed by atoms with Gasteiger partial charge in [-0.3, -0.25) is 0 Å². The molecule has 0 fully saturated rings. The molecule has 7 heteroatoms. The summed E-state index contributed by atoms with van der Waals surface area (Å²) in [5.74, 6) is 0. The number of rotatable bonds is 10. The smallest absolute Gasteiger partial charge is 0.148 e. The fraction of sp³-hybridized carbons (Fsp3) is 0. The maximum atomic E-state index is 4.70. The van der Waals surface area contributed by atoms with Gasteiger partial charge in [-0.1, -0.05) is 121 Å². The van der Waals surface area contributed by atoms with E-state index in [2.05, 4.69) is 274 Å². The summed E-state index contributed by atoms with van der Waals surface area (Å²) in [6.07, 6.45) is 0. The Hall–Kier alpha value is -9.04. The number of fused-ring (bicyclic) bond motifs is 6. The summed E-state index contributed by atoms with van der Waals surface area (Å²) in [5, 5.41) is 16.0. The van der Waals surface area contributed by atoms with Crippen LogP contribution in [0, 0.1) is 0 Å². The van der Waals surface area contributed by atoms with Gasteiger partial charge in [0, 0.05) is 78.2 Å². The number of aromatic nitrogens is 4. The van der Waals surface area contributed by atoms with Crippen LogP contribution >= 0.6 is 11.3 Å². The molecule has 326 valence electrons. The average Bonchev–Trinajstić information content (AvgIpc) is 4.14. The molecule has 13 rings (SSSR count). The SMILES string of the molecule is c1ccc(N(c2ccccc2)c2ccc3c(c2)c2ccccc2n3-c2ccc(-c3nnc(-c4ccc(-n5c6ccccc6c6cc(N(c7ccccc7)c7ccccc7)ccc65)cc4)s3)cc2)cc1. The van der Waals surface area contributed by atoms with E-state index in [1.54, 1.807) is 11.3 Å². The summed E-state index contributed by atoms with van der Waals surface area (Å²) < 4.78 is 4.72. The standard InChI is InChI=1S/C62H42N6S/c1-5-17-45(18-6-1)65(46-19-7-2-8-20-46)51-37-39-59-55(41-51)53-25-13-15-27-57(53)67(59)49-33-29-43(30-34-49)61-63-64-62(69-61)44-31-35-50(36-32-44)68-58-28-16-14-26-54(58)56-42-52(38-40-60(56)68)66(47-21-9-3-10-22-47)48-23-11-4-12-24-48/h1-42H. The highest BCUT2D eigenvalue weighted by atomic mass is 32.1. The maximum Gasteiger partial charge on any atom is 0.148 e. The molecule has 3 aromatic heterocycles. The minimum absolute atomic E-state index is 0.882. The summed E-state index contributed by atoms with van der Waals surface area (Å²) in [7, 11) is 0. The van der Waals surface area contributed by atoms with E-state index in [4.69, 9.17) is 10.2 Å². The fourth-order valence-electron chi connectivity index (χ4n) is 9.92. The number of hydrogen-bond acceptors (Lipinski definition) is 5. The van der Waals surface area contributed by atoms with Crippen molar-refractivity contribution >= 4 is 89.1 Å². The first-order chi connectivity index (χ1) is 34.2. The minimum Gasteiger partial charge on any atom is -0.310 e. The first-order valence-corrected chi connectivity index (χ1v) is 24.0. The van der Waals surface area contributed by atoms with Gasteiger partial charge < -0.3 is 18.9 Å². The molecule has 13 aromatic rings. The zero-order valence-electron chi connectivity index (χ0n) is 37.3. The molecule has 0 aliphatic heterocycles. The molecule has 0 bridgehead atoms. The van der Waals surface area contributed by atoms with Gasteiger partial charge in [-0.2, -0.15) is 0 Å². The van der Waals surface area contributed by atoms with Gasteiger partial charge in [0.15, 0.2) is 0 Å². The largest absolute Gasteiger partial charge is 0.310 e. The Labute approximate surface area is 403 Å². The summed E-state index contributed by atoms with van der Waals surface area (Å²) >= 11 is 1.61. The van der Waals surface area contributed by atoms with Gasteiger partial charge in [0.05, 0.1) is 22.1 Å². The van der Waals surface area contributed by atoms with Crippen molar-refractivity contribution in [3.05, 3.63) is 255 Å². The third kappa shape index (κ3) is 7.12. The molecule has 0 aliphatic rings. The molecule has 0 radical (unpaired) electrons. The Balaban J connectivity index is 0.802. The van der Waals surface area contributed by atoms with Crippen LogP contribution in [0.4, 0.5) is 34.1 Å². The van der Waals surface area contributed by atoms with E-state index in [-0.39, 0.29) is 0 Å². The van der Waals surface area contributed by atoms with Gasteiger partial charge in [0.1, 0.15) is 10.0 Å². The molecular weight excluding hydrogens is 861 g/mol. The lowest BCUT2D eigenvalue weighted by atomic mass is 10.1. The van der Waals surface area contributed by atoms with Crippen molar-refractivity contribution in [3.8, 4) is 32.5 Å². The van der Waals surface area contributed by atoms with Gasteiger partial charge in [0.25, 0.3) is 0 Å². The van der Waals surface area contributed by atoms with Gasteiger partial charge in [0.2, 0.25) is 0 Å². The molecule has 0 N–H and O–H groups in total. The lowest BCUT2D eigenvalue weighted by Gasteiger charge is -2.25. The monoisotopic (exact) mass is 902 g/mol. The van der Waals surface area contributed by atoms with Crippen molar-refractivity contribution < 1.29 is 0 Å². The maximum absolute atomic E-state index is 4.70. The Kier molecular flexibility index (Phi) is 9.91. The van der Waals surface area contributed by atoms with E-state index < -0.39 is 0 Å². The topological polar surface area (TPSA) is 42.1 Å². The van der Waals surface area contributed by atoms with E-state index >= 15 is 0 Å². The van der Waals surface area contributed by atoms with Crippen LogP contribution < -0.4 is 9.80 Å². The van der Waals surface area contributed by atoms with Gasteiger partial charge in [-0.25, -0.2) is 0 Å². The third-order valence-corrected chi connectivity index (χ3v) is 14.1. The van der Waals surface area contributed by atoms with Crippen LogP contribution in [-0.4, -0.2) is 19.3 Å². The van der Waals surface area contributed by atoms with Crippen molar-refractivity contribution in [2.45, 2.75) is 0 Å². The minimum atomic E-state index is 0.882. The summed E-state index contributed by atoms with van der Waals surface area (Å²) in [6, 6.07) is 90.7. The predicted molar refractivity (Wildman–Crippen MR) is 289 cm³/mol. The highest BCUT2D eigenvalue weighted by Crippen LogP contribution is 2.42. The second-order valence-electron chi connectivity index (χ2n) is 17.1. The van der Waals surface area contributed by atoms with Crippen LogP contribution in [0.3, 0.4) is 0 Å². The van der Waals surface area contributed by atoms with Crippen LogP contribution in [0.2, 0.25) is 0 Å². The van der Waals surface area contributed by atoms with Crippen LogP contribution in [0.15, 0.2) is 255 Å². The van der Waals surface area contributed by atoms with Crippen molar-refractivity contribution in [1.29, 1.82) is 0 Å². The summed E-state index contributed by atoms with van der Waals surface area (Å²) in [4.78, 5) is 4.64. The number of anilines is 6. The summed E-state index contributed by atoms with van der Waals surface area (Å²) in [5.41, 5.74) is 15.5. The van der Waals surface area contributed by atoms with E-state index in [0.29, 0.717) is 0 Å². The highest BCUT2D eigenvalue weighted by molar-refractivity contribution is 7.17. The highest BCUT2D eigenvalue weighted by Gasteiger charge is 2.20. The lowest BCUT2D eigenvalue weighted by Crippen LogP contribution is -2.09. The second kappa shape index (κ2) is 17.0. The van der Waals surface area contributed by atoms with Crippen molar-refractivity contribution in [2.75, 3.05) is 9.80 Å². The van der Waals surface area contributed by atoms with Crippen molar-refractivity contribution in [3.63, 3.8) is 0 Å². The Morgan fingerprint density at radius 3 is 0.957 bits per heavy atom. The fourth-order valence-corrected chi connectivity index (χ4v) is 10.8. The number of benzene rings is 10. The van der Waals surface area contributed by atoms with Gasteiger partial charge >= 0.3 is 0 Å². The predicted octanol–water partition coefficient (Wildman–Crippen LogP) is 17.0. The van der Waals surface area contributed by atoms with Gasteiger partial charge in [-0.05, 0) is 146 Å². The van der Waals surface area contributed by atoms with Crippen LogP contribution in [-0.2, 0) is 0 Å². The molecule has 0 spiro atoms. The molecular formula is C62H42N6S. The molecule has 10 aromatic carbocycles. The number of hydrogen-bond donors (Lipinski definition) is 0. The van der Waals surface area contributed by atoms with E-state index in [9.17, 15) is 0 Å². The number of para-hydroxylation sites is 6. The average molecular weight is 903 g/mol. The molecule has 0 saturated carbocycles. The third-order valence-electron chi connectivity index (χ3n) is 13.1. The molecule has 0 unspecified atom stereocenters. The molecule has 0 amide bonds.